The molecule has 126 valence electrons. The summed E-state index contributed by atoms with van der Waals surface area (Å²) in [6.45, 7) is 4.20. The number of allylic oxidation sites excluding steroid dienone is 2. The number of hydrogen-bond donors (Lipinski definition) is 0. The lowest BCUT2D eigenvalue weighted by Crippen LogP contribution is -2.46. The molecule has 1 aromatic rings. The van der Waals surface area contributed by atoms with E-state index in [2.05, 4.69) is 0 Å². The second kappa shape index (κ2) is 6.24. The Morgan fingerprint density at radius 2 is 1.96 bits per heavy atom. The average Bonchev–Trinajstić information content (AvgIpc) is 2.92. The number of carbonyl (C=O) groups excluding carboxylic acids is 2. The number of esters is 1. The Balaban J connectivity index is 1.86. The minimum Gasteiger partial charge on any atom is -0.497 e. The van der Waals surface area contributed by atoms with E-state index >= 15 is 0 Å². The minimum atomic E-state index is -0.893. The maximum absolute atomic E-state index is 12.7. The molecule has 1 saturated heterocycles. The van der Waals surface area contributed by atoms with Gasteiger partial charge in [-0.25, -0.2) is 0 Å². The van der Waals surface area contributed by atoms with Gasteiger partial charge in [0, 0.05) is 5.92 Å². The van der Waals surface area contributed by atoms with Crippen LogP contribution in [0.25, 0.3) is 0 Å². The van der Waals surface area contributed by atoms with Crippen LogP contribution in [0, 0.1) is 11.8 Å². The van der Waals surface area contributed by atoms with Crippen LogP contribution in [0.15, 0.2) is 48.1 Å². The number of carbonyl (C=O) groups is 2. The van der Waals surface area contributed by atoms with Gasteiger partial charge in [-0.3, -0.25) is 9.59 Å². The fraction of sp³-hybridized carbons (Fsp3) is 0.368. The van der Waals surface area contributed by atoms with Crippen molar-refractivity contribution in [2.75, 3.05) is 13.7 Å². The summed E-state index contributed by atoms with van der Waals surface area (Å²) in [5.74, 6) is -0.983. The largest absolute Gasteiger partial charge is 0.497 e. The monoisotopic (exact) mass is 328 g/mol. The Morgan fingerprint density at radius 1 is 1.29 bits per heavy atom. The van der Waals surface area contributed by atoms with Crippen LogP contribution in [-0.4, -0.2) is 31.1 Å². The molecule has 3 atom stereocenters. The van der Waals surface area contributed by atoms with E-state index in [1.165, 1.54) is 6.08 Å². The zero-order valence-electron chi connectivity index (χ0n) is 13.9. The van der Waals surface area contributed by atoms with E-state index in [0.29, 0.717) is 18.1 Å². The first-order valence-corrected chi connectivity index (χ1v) is 7.86. The minimum absolute atomic E-state index is 0.249. The molecule has 0 saturated carbocycles. The van der Waals surface area contributed by atoms with Gasteiger partial charge in [-0.05, 0) is 55.8 Å². The molecule has 5 heteroatoms. The van der Waals surface area contributed by atoms with Crippen molar-refractivity contribution in [2.24, 2.45) is 11.8 Å². The number of rotatable bonds is 3. The van der Waals surface area contributed by atoms with Crippen molar-refractivity contribution in [3.8, 4) is 11.5 Å². The summed E-state index contributed by atoms with van der Waals surface area (Å²) >= 11 is 0. The Labute approximate surface area is 140 Å². The SMILES string of the molecule is C/C=C1/CO[C@]2(C)C=CC(=O)[C@@H](C(=O)Oc3ccc(OC)cc3)C12. The van der Waals surface area contributed by atoms with Crippen LogP contribution in [0.1, 0.15) is 13.8 Å². The van der Waals surface area contributed by atoms with Crippen LogP contribution in [0.2, 0.25) is 0 Å². The van der Waals surface area contributed by atoms with E-state index in [0.717, 1.165) is 5.57 Å². The highest BCUT2D eigenvalue weighted by Gasteiger charge is 2.53. The van der Waals surface area contributed by atoms with Gasteiger partial charge in [0.05, 0.1) is 19.3 Å². The van der Waals surface area contributed by atoms with E-state index in [4.69, 9.17) is 14.2 Å². The number of benzene rings is 1. The standard InChI is InChI=1S/C19H20O5/c1-4-12-11-23-19(2)10-9-15(20)16(17(12)19)18(21)24-14-7-5-13(22-3)6-8-14/h4-10,16-17H,11H2,1-3H3/b12-4-/t16-,17?,19-/m1/s1. The molecule has 0 radical (unpaired) electrons. The number of ketones is 1. The molecule has 1 heterocycles. The van der Waals surface area contributed by atoms with E-state index in [1.54, 1.807) is 37.5 Å². The van der Waals surface area contributed by atoms with Gasteiger partial charge < -0.3 is 14.2 Å². The number of fused-ring (bicyclic) bond motifs is 1. The molecule has 1 aliphatic heterocycles. The van der Waals surface area contributed by atoms with Crippen molar-refractivity contribution in [3.05, 3.63) is 48.1 Å². The molecule has 0 bridgehead atoms. The van der Waals surface area contributed by atoms with Gasteiger partial charge in [0.1, 0.15) is 17.4 Å². The van der Waals surface area contributed by atoms with Gasteiger partial charge in [-0.2, -0.15) is 0 Å². The predicted molar refractivity (Wildman–Crippen MR) is 87.9 cm³/mol. The molecule has 0 N–H and O–H groups in total. The third-order valence-electron chi connectivity index (χ3n) is 4.69. The molecule has 1 aromatic carbocycles. The fourth-order valence-electron chi connectivity index (χ4n) is 3.34. The van der Waals surface area contributed by atoms with Crippen LogP contribution in [-0.2, 0) is 14.3 Å². The summed E-state index contributed by atoms with van der Waals surface area (Å²) in [7, 11) is 1.56. The summed E-state index contributed by atoms with van der Waals surface area (Å²) in [5.41, 5.74) is 0.297. The van der Waals surface area contributed by atoms with Crippen molar-refractivity contribution in [3.63, 3.8) is 0 Å². The first-order valence-electron chi connectivity index (χ1n) is 7.86. The molecule has 1 aliphatic carbocycles. The first kappa shape index (κ1) is 16.5. The topological polar surface area (TPSA) is 61.8 Å². The lowest BCUT2D eigenvalue weighted by molar-refractivity contribution is -0.147. The van der Waals surface area contributed by atoms with Gasteiger partial charge in [0.2, 0.25) is 0 Å². The van der Waals surface area contributed by atoms with Crippen LogP contribution >= 0.6 is 0 Å². The number of methoxy groups -OCH3 is 1. The van der Waals surface area contributed by atoms with E-state index in [-0.39, 0.29) is 11.7 Å². The molecule has 24 heavy (non-hydrogen) atoms. The molecule has 0 aromatic heterocycles. The second-order valence-electron chi connectivity index (χ2n) is 6.12. The van der Waals surface area contributed by atoms with Gasteiger partial charge in [-0.15, -0.1) is 0 Å². The predicted octanol–water partition coefficient (Wildman–Crippen LogP) is 2.71. The summed E-state index contributed by atoms with van der Waals surface area (Å²) in [5, 5.41) is 0. The Morgan fingerprint density at radius 3 is 2.58 bits per heavy atom. The molecular weight excluding hydrogens is 308 g/mol. The molecule has 0 amide bonds. The highest BCUT2D eigenvalue weighted by molar-refractivity contribution is 6.07. The summed E-state index contributed by atoms with van der Waals surface area (Å²) in [4.78, 5) is 25.1. The van der Waals surface area contributed by atoms with Gasteiger partial charge >= 0.3 is 5.97 Å². The highest BCUT2D eigenvalue weighted by atomic mass is 16.5. The van der Waals surface area contributed by atoms with Crippen molar-refractivity contribution >= 4 is 11.8 Å². The van der Waals surface area contributed by atoms with E-state index in [9.17, 15) is 9.59 Å². The fourth-order valence-corrected chi connectivity index (χ4v) is 3.34. The van der Waals surface area contributed by atoms with Crippen LogP contribution in [0.4, 0.5) is 0 Å². The molecule has 1 unspecified atom stereocenters. The van der Waals surface area contributed by atoms with Gasteiger partial charge in [0.25, 0.3) is 0 Å². The second-order valence-corrected chi connectivity index (χ2v) is 6.12. The smallest absolute Gasteiger partial charge is 0.322 e. The molecule has 5 nitrogen and oxygen atoms in total. The number of hydrogen-bond acceptors (Lipinski definition) is 5. The number of ether oxygens (including phenoxy) is 3. The average molecular weight is 328 g/mol. The van der Waals surface area contributed by atoms with Crippen LogP contribution in [0.3, 0.4) is 0 Å². The lowest BCUT2D eigenvalue weighted by Gasteiger charge is -2.34. The summed E-state index contributed by atoms with van der Waals surface area (Å²) in [6, 6.07) is 6.68. The van der Waals surface area contributed by atoms with Crippen molar-refractivity contribution < 1.29 is 23.8 Å². The zero-order valence-corrected chi connectivity index (χ0v) is 13.9. The van der Waals surface area contributed by atoms with E-state index in [1.807, 2.05) is 19.9 Å². The van der Waals surface area contributed by atoms with Crippen LogP contribution in [0.5, 0.6) is 11.5 Å². The maximum atomic E-state index is 12.7. The molecule has 2 aliphatic rings. The normalized spacial score (nSPS) is 30.3. The van der Waals surface area contributed by atoms with E-state index < -0.39 is 17.5 Å². The highest BCUT2D eigenvalue weighted by Crippen LogP contribution is 2.45. The summed E-state index contributed by atoms with van der Waals surface area (Å²) < 4.78 is 16.3. The van der Waals surface area contributed by atoms with Crippen molar-refractivity contribution in [1.29, 1.82) is 0 Å². The lowest BCUT2D eigenvalue weighted by atomic mass is 9.71. The van der Waals surface area contributed by atoms with Gasteiger partial charge in [-0.1, -0.05) is 6.08 Å². The third kappa shape index (κ3) is 2.76. The molecule has 1 fully saturated rings. The molecule has 0 spiro atoms. The van der Waals surface area contributed by atoms with Gasteiger partial charge in [0.15, 0.2) is 5.78 Å². The quantitative estimate of drug-likeness (QED) is 0.369. The summed E-state index contributed by atoms with van der Waals surface area (Å²) in [6.07, 6.45) is 5.08. The first-order chi connectivity index (χ1) is 11.5. The Bertz CT molecular complexity index is 716. The maximum Gasteiger partial charge on any atom is 0.322 e. The van der Waals surface area contributed by atoms with Crippen LogP contribution < -0.4 is 9.47 Å². The third-order valence-corrected chi connectivity index (χ3v) is 4.69. The Kier molecular flexibility index (Phi) is 4.28. The molecular formula is C19H20O5. The zero-order chi connectivity index (χ0) is 17.3. The molecule has 3 rings (SSSR count). The Hall–Kier alpha value is -2.40. The van der Waals surface area contributed by atoms with Crippen molar-refractivity contribution in [1.82, 2.24) is 0 Å². The van der Waals surface area contributed by atoms with Crippen molar-refractivity contribution in [2.45, 2.75) is 19.4 Å².